The first-order chi connectivity index (χ1) is 12.5. The maximum Gasteiger partial charge on any atom is 0.338 e. The van der Waals surface area contributed by atoms with Gasteiger partial charge in [-0.25, -0.2) is 9.69 Å². The highest BCUT2D eigenvalue weighted by Gasteiger charge is 2.25. The molecule has 0 saturated heterocycles. The Balaban J connectivity index is 1.68. The second-order valence-corrected chi connectivity index (χ2v) is 5.84. The van der Waals surface area contributed by atoms with Gasteiger partial charge in [-0.3, -0.25) is 14.4 Å². The van der Waals surface area contributed by atoms with Crippen molar-refractivity contribution in [2.24, 2.45) is 0 Å². The Kier molecular flexibility index (Phi) is 4.95. The summed E-state index contributed by atoms with van der Waals surface area (Å²) >= 11 is 5.76. The van der Waals surface area contributed by atoms with Gasteiger partial charge in [-0.15, -0.1) is 0 Å². The van der Waals surface area contributed by atoms with Crippen LogP contribution in [0.4, 0.5) is 5.69 Å². The normalized spacial score (nSPS) is 13.2. The van der Waals surface area contributed by atoms with Crippen LogP contribution in [0.3, 0.4) is 0 Å². The number of hydrogen-bond donors (Lipinski definition) is 0. The third-order valence-electron chi connectivity index (χ3n) is 3.65. The monoisotopic (exact) mass is 369 g/mol. The van der Waals surface area contributed by atoms with Crippen molar-refractivity contribution in [3.63, 3.8) is 0 Å². The van der Waals surface area contributed by atoms with Crippen molar-refractivity contribution in [3.8, 4) is 0 Å². The van der Waals surface area contributed by atoms with Gasteiger partial charge in [0.05, 0.1) is 11.3 Å². The SMILES string of the molecule is O=C(COC(=O)c1cccc(N2C(=O)C=CC2=O)c1)c1ccc(Cl)cc1. The molecule has 0 saturated carbocycles. The lowest BCUT2D eigenvalue weighted by Gasteiger charge is -2.14. The van der Waals surface area contributed by atoms with Crippen molar-refractivity contribution in [1.29, 1.82) is 0 Å². The standard InChI is InChI=1S/C19H12ClNO5/c20-14-6-4-12(5-7-14)16(22)11-26-19(25)13-2-1-3-15(10-13)21-17(23)8-9-18(21)24/h1-10H,11H2. The van der Waals surface area contributed by atoms with Crippen LogP contribution >= 0.6 is 11.6 Å². The second kappa shape index (κ2) is 7.33. The molecule has 1 aliphatic rings. The summed E-state index contributed by atoms with van der Waals surface area (Å²) in [7, 11) is 0. The first-order valence-electron chi connectivity index (χ1n) is 7.58. The fourth-order valence-electron chi connectivity index (χ4n) is 2.36. The van der Waals surface area contributed by atoms with Crippen LogP contribution in [0, 0.1) is 0 Å². The summed E-state index contributed by atoms with van der Waals surface area (Å²) in [6.45, 7) is -0.437. The highest BCUT2D eigenvalue weighted by atomic mass is 35.5. The molecule has 26 heavy (non-hydrogen) atoms. The van der Waals surface area contributed by atoms with Gasteiger partial charge in [0.2, 0.25) is 0 Å². The molecule has 1 heterocycles. The molecule has 7 heteroatoms. The lowest BCUT2D eigenvalue weighted by atomic mass is 10.1. The van der Waals surface area contributed by atoms with Crippen molar-refractivity contribution < 1.29 is 23.9 Å². The summed E-state index contributed by atoms with van der Waals surface area (Å²) in [5.74, 6) is -2.08. The minimum Gasteiger partial charge on any atom is -0.454 e. The first kappa shape index (κ1) is 17.6. The van der Waals surface area contributed by atoms with E-state index in [9.17, 15) is 19.2 Å². The van der Waals surface area contributed by atoms with Crippen LogP contribution < -0.4 is 4.90 Å². The summed E-state index contributed by atoms with van der Waals surface area (Å²) in [4.78, 5) is 48.6. The van der Waals surface area contributed by atoms with E-state index in [1.807, 2.05) is 0 Å². The molecule has 0 unspecified atom stereocenters. The molecule has 2 amide bonds. The fraction of sp³-hybridized carbons (Fsp3) is 0.0526. The summed E-state index contributed by atoms with van der Waals surface area (Å²) in [5.41, 5.74) is 0.748. The summed E-state index contributed by atoms with van der Waals surface area (Å²) < 4.78 is 5.02. The Morgan fingerprint density at radius 2 is 1.58 bits per heavy atom. The Morgan fingerprint density at radius 3 is 2.23 bits per heavy atom. The highest BCUT2D eigenvalue weighted by Crippen LogP contribution is 2.20. The number of esters is 1. The summed E-state index contributed by atoms with van der Waals surface area (Å²) in [5, 5.41) is 0.496. The van der Waals surface area contributed by atoms with Crippen molar-refractivity contribution in [2.45, 2.75) is 0 Å². The van der Waals surface area contributed by atoms with Gasteiger partial charge in [-0.2, -0.15) is 0 Å². The van der Waals surface area contributed by atoms with E-state index in [-0.39, 0.29) is 17.0 Å². The maximum absolute atomic E-state index is 12.2. The molecule has 130 valence electrons. The van der Waals surface area contributed by atoms with Gasteiger partial charge in [-0.1, -0.05) is 17.7 Å². The zero-order valence-corrected chi connectivity index (χ0v) is 14.1. The predicted molar refractivity (Wildman–Crippen MR) is 94.1 cm³/mol. The van der Waals surface area contributed by atoms with E-state index >= 15 is 0 Å². The molecular formula is C19H12ClNO5. The number of ketones is 1. The molecule has 0 fully saturated rings. The van der Waals surface area contributed by atoms with Crippen LogP contribution in [0.1, 0.15) is 20.7 Å². The van der Waals surface area contributed by atoms with Crippen LogP contribution in [0.2, 0.25) is 5.02 Å². The van der Waals surface area contributed by atoms with Crippen LogP contribution in [-0.4, -0.2) is 30.2 Å². The number of amides is 2. The number of ether oxygens (including phenoxy) is 1. The van der Waals surface area contributed by atoms with Gasteiger partial charge in [0.15, 0.2) is 12.4 Å². The van der Waals surface area contributed by atoms with E-state index in [1.165, 1.54) is 36.4 Å². The van der Waals surface area contributed by atoms with E-state index in [2.05, 4.69) is 0 Å². The zero-order valence-electron chi connectivity index (χ0n) is 13.3. The van der Waals surface area contributed by atoms with E-state index in [0.29, 0.717) is 10.6 Å². The van der Waals surface area contributed by atoms with Crippen molar-refractivity contribution in [2.75, 3.05) is 11.5 Å². The van der Waals surface area contributed by atoms with Gasteiger partial charge in [0.1, 0.15) is 0 Å². The Hall–Kier alpha value is -3.25. The van der Waals surface area contributed by atoms with Gasteiger partial charge in [0.25, 0.3) is 11.8 Å². The molecule has 0 aromatic heterocycles. The first-order valence-corrected chi connectivity index (χ1v) is 7.95. The number of anilines is 1. The molecule has 0 spiro atoms. The minimum absolute atomic E-state index is 0.124. The van der Waals surface area contributed by atoms with Crippen LogP contribution in [0.25, 0.3) is 0 Å². The van der Waals surface area contributed by atoms with Crippen molar-refractivity contribution in [1.82, 2.24) is 0 Å². The topological polar surface area (TPSA) is 80.8 Å². The Bertz CT molecular complexity index is 915. The number of carbonyl (C=O) groups excluding carboxylic acids is 4. The van der Waals surface area contributed by atoms with E-state index in [4.69, 9.17) is 16.3 Å². The second-order valence-electron chi connectivity index (χ2n) is 5.40. The molecule has 0 aliphatic carbocycles. The average molecular weight is 370 g/mol. The van der Waals surface area contributed by atoms with Gasteiger partial charge < -0.3 is 4.74 Å². The molecule has 0 radical (unpaired) electrons. The number of imide groups is 1. The lowest BCUT2D eigenvalue weighted by Crippen LogP contribution is -2.29. The quantitative estimate of drug-likeness (QED) is 0.460. The molecule has 2 aromatic rings. The van der Waals surface area contributed by atoms with Gasteiger partial charge >= 0.3 is 5.97 Å². The van der Waals surface area contributed by atoms with Crippen LogP contribution in [0.15, 0.2) is 60.7 Å². The Labute approximate surface area is 153 Å². The van der Waals surface area contributed by atoms with E-state index < -0.39 is 24.4 Å². The third kappa shape index (κ3) is 3.70. The van der Waals surface area contributed by atoms with E-state index in [0.717, 1.165) is 17.1 Å². The van der Waals surface area contributed by atoms with Gasteiger partial charge in [-0.05, 0) is 42.5 Å². The smallest absolute Gasteiger partial charge is 0.338 e. The lowest BCUT2D eigenvalue weighted by molar-refractivity contribution is -0.119. The molecule has 1 aliphatic heterocycles. The van der Waals surface area contributed by atoms with Crippen LogP contribution in [0.5, 0.6) is 0 Å². The largest absolute Gasteiger partial charge is 0.454 e. The molecular weight excluding hydrogens is 358 g/mol. The van der Waals surface area contributed by atoms with Gasteiger partial charge in [0, 0.05) is 22.7 Å². The predicted octanol–water partition coefficient (Wildman–Crippen LogP) is 2.81. The van der Waals surface area contributed by atoms with Crippen LogP contribution in [-0.2, 0) is 14.3 Å². The number of hydrogen-bond acceptors (Lipinski definition) is 5. The summed E-state index contributed by atoms with van der Waals surface area (Å²) in [6, 6.07) is 12.1. The molecule has 0 bridgehead atoms. The number of benzene rings is 2. The number of nitrogens with zero attached hydrogens (tertiary/aromatic N) is 1. The van der Waals surface area contributed by atoms with E-state index in [1.54, 1.807) is 12.1 Å². The van der Waals surface area contributed by atoms with Crippen molar-refractivity contribution >= 4 is 40.9 Å². The average Bonchev–Trinajstić information content (AvgIpc) is 2.98. The van der Waals surface area contributed by atoms with Crippen molar-refractivity contribution in [3.05, 3.63) is 76.8 Å². The maximum atomic E-state index is 12.2. The number of rotatable bonds is 5. The number of halogens is 1. The zero-order chi connectivity index (χ0) is 18.7. The molecule has 2 aromatic carbocycles. The summed E-state index contributed by atoms with van der Waals surface area (Å²) in [6.07, 6.45) is 2.30. The fourth-order valence-corrected chi connectivity index (χ4v) is 2.49. The molecule has 6 nitrogen and oxygen atoms in total. The Morgan fingerprint density at radius 1 is 0.923 bits per heavy atom. The number of carbonyl (C=O) groups is 4. The highest BCUT2D eigenvalue weighted by molar-refractivity contribution is 6.30. The number of Topliss-reactive ketones (excluding diaryl/α,β-unsaturated/α-hetero) is 1. The third-order valence-corrected chi connectivity index (χ3v) is 3.90. The molecule has 3 rings (SSSR count). The molecule has 0 atom stereocenters. The minimum atomic E-state index is -0.735. The molecule has 0 N–H and O–H groups in total.